The molecule has 1 saturated heterocycles. The molecule has 1 fully saturated rings. The summed E-state index contributed by atoms with van der Waals surface area (Å²) in [7, 11) is 0. The highest BCUT2D eigenvalue weighted by atomic mass is 35.5. The maximum absolute atomic E-state index is 12.6. The lowest BCUT2D eigenvalue weighted by atomic mass is 9.76. The van der Waals surface area contributed by atoms with Crippen molar-refractivity contribution < 1.29 is 9.53 Å². The molecule has 1 N–H and O–H groups in total. The second kappa shape index (κ2) is 6.70. The molecule has 1 aromatic carbocycles. The Morgan fingerprint density at radius 1 is 1.22 bits per heavy atom. The van der Waals surface area contributed by atoms with E-state index in [1.54, 1.807) is 0 Å². The van der Waals surface area contributed by atoms with Gasteiger partial charge in [-0.25, -0.2) is 4.79 Å². The molecular formula is C18H27ClN2O2. The van der Waals surface area contributed by atoms with E-state index >= 15 is 0 Å². The van der Waals surface area contributed by atoms with Gasteiger partial charge in [0.05, 0.1) is 6.04 Å². The van der Waals surface area contributed by atoms with Gasteiger partial charge < -0.3 is 15.0 Å². The molecule has 1 aliphatic rings. The van der Waals surface area contributed by atoms with E-state index in [4.69, 9.17) is 16.3 Å². The van der Waals surface area contributed by atoms with Crippen molar-refractivity contribution in [3.63, 3.8) is 0 Å². The van der Waals surface area contributed by atoms with Gasteiger partial charge in [-0.1, -0.05) is 37.6 Å². The topological polar surface area (TPSA) is 41.6 Å². The van der Waals surface area contributed by atoms with Crippen LogP contribution in [0, 0.1) is 0 Å². The standard InChI is InChI=1S/C18H27ClN2O2/c1-17(2,3)23-16(22)21-11-10-20-12-15(21)18(4,5)13-6-8-14(19)9-7-13/h6-9,15,20H,10-12H2,1-5H3. The minimum absolute atomic E-state index is 0.0206. The molecule has 0 aliphatic carbocycles. The van der Waals surface area contributed by atoms with Crippen molar-refractivity contribution in [2.24, 2.45) is 0 Å². The third kappa shape index (κ3) is 4.39. The predicted octanol–water partition coefficient (Wildman–Crippen LogP) is 3.83. The Morgan fingerprint density at radius 2 is 1.83 bits per heavy atom. The summed E-state index contributed by atoms with van der Waals surface area (Å²) in [6.45, 7) is 12.2. The van der Waals surface area contributed by atoms with E-state index in [-0.39, 0.29) is 17.6 Å². The van der Waals surface area contributed by atoms with Crippen molar-refractivity contribution in [2.75, 3.05) is 19.6 Å². The molecule has 1 aromatic rings. The van der Waals surface area contributed by atoms with Gasteiger partial charge in [0.2, 0.25) is 0 Å². The highest BCUT2D eigenvalue weighted by molar-refractivity contribution is 6.30. The summed E-state index contributed by atoms with van der Waals surface area (Å²) in [5, 5.41) is 4.11. The molecule has 0 bridgehead atoms. The van der Waals surface area contributed by atoms with Crippen LogP contribution < -0.4 is 5.32 Å². The van der Waals surface area contributed by atoms with Crippen molar-refractivity contribution in [3.8, 4) is 0 Å². The van der Waals surface area contributed by atoms with Gasteiger partial charge in [-0.05, 0) is 38.5 Å². The van der Waals surface area contributed by atoms with E-state index in [1.165, 1.54) is 0 Å². The van der Waals surface area contributed by atoms with Gasteiger partial charge in [-0.2, -0.15) is 0 Å². The lowest BCUT2D eigenvalue weighted by Crippen LogP contribution is -2.61. The van der Waals surface area contributed by atoms with Gasteiger partial charge in [-0.3, -0.25) is 0 Å². The van der Waals surface area contributed by atoms with Crippen molar-refractivity contribution in [1.29, 1.82) is 0 Å². The summed E-state index contributed by atoms with van der Waals surface area (Å²) in [5.41, 5.74) is 0.454. The molecule has 0 spiro atoms. The smallest absolute Gasteiger partial charge is 0.410 e. The Morgan fingerprint density at radius 3 is 2.39 bits per heavy atom. The van der Waals surface area contributed by atoms with Gasteiger partial charge in [0, 0.05) is 30.1 Å². The molecule has 2 rings (SSSR count). The lowest BCUT2D eigenvalue weighted by molar-refractivity contribution is 0.00301. The van der Waals surface area contributed by atoms with Crippen LogP contribution in [0.5, 0.6) is 0 Å². The third-order valence-electron chi connectivity index (χ3n) is 4.29. The van der Waals surface area contributed by atoms with Crippen molar-refractivity contribution >= 4 is 17.7 Å². The molecule has 0 saturated carbocycles. The summed E-state index contributed by atoms with van der Waals surface area (Å²) in [4.78, 5) is 14.5. The van der Waals surface area contributed by atoms with Gasteiger partial charge >= 0.3 is 6.09 Å². The summed E-state index contributed by atoms with van der Waals surface area (Å²) >= 11 is 6.00. The first kappa shape index (κ1) is 18.1. The number of hydrogen-bond acceptors (Lipinski definition) is 3. The molecule has 1 heterocycles. The minimum atomic E-state index is -0.489. The first-order valence-corrected chi connectivity index (χ1v) is 8.45. The molecule has 1 unspecified atom stereocenters. The second-order valence-corrected chi connectivity index (χ2v) is 8.06. The van der Waals surface area contributed by atoms with Crippen molar-refractivity contribution in [1.82, 2.24) is 10.2 Å². The number of ether oxygens (including phenoxy) is 1. The fourth-order valence-corrected chi connectivity index (χ4v) is 3.09. The maximum atomic E-state index is 12.6. The fraction of sp³-hybridized carbons (Fsp3) is 0.611. The Hall–Kier alpha value is -1.26. The van der Waals surface area contributed by atoms with Crippen LogP contribution in [-0.4, -0.2) is 42.3 Å². The van der Waals surface area contributed by atoms with E-state index in [1.807, 2.05) is 49.9 Å². The molecule has 23 heavy (non-hydrogen) atoms. The van der Waals surface area contributed by atoms with Crippen LogP contribution in [-0.2, 0) is 10.2 Å². The Balaban J connectivity index is 2.26. The number of benzene rings is 1. The summed E-state index contributed by atoms with van der Waals surface area (Å²) in [6.07, 6.45) is -0.244. The number of carbonyl (C=O) groups excluding carboxylic acids is 1. The SMILES string of the molecule is CC(C)(C)OC(=O)N1CCNCC1C(C)(C)c1ccc(Cl)cc1. The Labute approximate surface area is 144 Å². The van der Waals surface area contributed by atoms with E-state index in [2.05, 4.69) is 19.2 Å². The molecule has 5 heteroatoms. The van der Waals surface area contributed by atoms with E-state index in [9.17, 15) is 4.79 Å². The van der Waals surface area contributed by atoms with E-state index in [0.717, 1.165) is 23.7 Å². The van der Waals surface area contributed by atoms with Crippen LogP contribution >= 0.6 is 11.6 Å². The van der Waals surface area contributed by atoms with E-state index < -0.39 is 5.60 Å². The average molecular weight is 339 g/mol. The first-order valence-electron chi connectivity index (χ1n) is 8.07. The van der Waals surface area contributed by atoms with Gasteiger partial charge in [0.15, 0.2) is 0 Å². The number of rotatable bonds is 2. The van der Waals surface area contributed by atoms with Crippen LogP contribution in [0.4, 0.5) is 4.79 Å². The van der Waals surface area contributed by atoms with Crippen molar-refractivity contribution in [3.05, 3.63) is 34.9 Å². The second-order valence-electron chi connectivity index (χ2n) is 7.62. The summed E-state index contributed by atoms with van der Waals surface area (Å²) in [6, 6.07) is 7.88. The highest BCUT2D eigenvalue weighted by Crippen LogP contribution is 2.32. The summed E-state index contributed by atoms with van der Waals surface area (Å²) < 4.78 is 5.60. The third-order valence-corrected chi connectivity index (χ3v) is 4.54. The van der Waals surface area contributed by atoms with E-state index in [0.29, 0.717) is 6.54 Å². The zero-order chi connectivity index (χ0) is 17.3. The number of carbonyl (C=O) groups is 1. The van der Waals surface area contributed by atoms with Crippen LogP contribution in [0.25, 0.3) is 0 Å². The molecular weight excluding hydrogens is 312 g/mol. The molecule has 4 nitrogen and oxygen atoms in total. The van der Waals surface area contributed by atoms with Gasteiger partial charge in [0.1, 0.15) is 5.60 Å². The minimum Gasteiger partial charge on any atom is -0.444 e. The summed E-state index contributed by atoms with van der Waals surface area (Å²) in [5.74, 6) is 0. The van der Waals surface area contributed by atoms with Crippen LogP contribution in [0.2, 0.25) is 5.02 Å². The number of amides is 1. The number of piperazine rings is 1. The Bertz CT molecular complexity index is 549. The van der Waals surface area contributed by atoms with Gasteiger partial charge in [-0.15, -0.1) is 0 Å². The predicted molar refractivity (Wildman–Crippen MR) is 94.1 cm³/mol. The molecule has 128 valence electrons. The maximum Gasteiger partial charge on any atom is 0.410 e. The molecule has 0 radical (unpaired) electrons. The fourth-order valence-electron chi connectivity index (χ4n) is 2.96. The first-order chi connectivity index (χ1) is 10.6. The van der Waals surface area contributed by atoms with Crippen LogP contribution in [0.3, 0.4) is 0 Å². The average Bonchev–Trinajstić information content (AvgIpc) is 2.46. The quantitative estimate of drug-likeness (QED) is 0.891. The molecule has 1 amide bonds. The number of hydrogen-bond donors (Lipinski definition) is 1. The Kier molecular flexibility index (Phi) is 5.27. The zero-order valence-electron chi connectivity index (χ0n) is 14.6. The number of halogens is 1. The number of nitrogens with one attached hydrogen (secondary N) is 1. The lowest BCUT2D eigenvalue weighted by Gasteiger charge is -2.45. The molecule has 0 aromatic heterocycles. The van der Waals surface area contributed by atoms with Crippen LogP contribution in [0.1, 0.15) is 40.2 Å². The molecule has 1 atom stereocenters. The normalized spacial score (nSPS) is 19.6. The zero-order valence-corrected chi connectivity index (χ0v) is 15.4. The largest absolute Gasteiger partial charge is 0.444 e. The highest BCUT2D eigenvalue weighted by Gasteiger charge is 2.40. The number of nitrogens with zero attached hydrogens (tertiary/aromatic N) is 1. The molecule has 1 aliphatic heterocycles. The van der Waals surface area contributed by atoms with Crippen molar-refractivity contribution in [2.45, 2.75) is 51.7 Å². The van der Waals surface area contributed by atoms with Crippen LogP contribution in [0.15, 0.2) is 24.3 Å². The van der Waals surface area contributed by atoms with Gasteiger partial charge in [0.25, 0.3) is 0 Å². The monoisotopic (exact) mass is 338 g/mol.